The van der Waals surface area contributed by atoms with Gasteiger partial charge in [-0.3, -0.25) is 9.69 Å². The van der Waals surface area contributed by atoms with E-state index in [0.29, 0.717) is 24.5 Å². The molecule has 2 unspecified atom stereocenters. The quantitative estimate of drug-likeness (QED) is 0.315. The van der Waals surface area contributed by atoms with Crippen molar-refractivity contribution >= 4 is 28.9 Å². The van der Waals surface area contributed by atoms with Crippen LogP contribution in [0.5, 0.6) is 5.75 Å². The van der Waals surface area contributed by atoms with E-state index in [9.17, 15) is 9.59 Å². The van der Waals surface area contributed by atoms with Crippen molar-refractivity contribution in [3.05, 3.63) is 53.9 Å². The Morgan fingerprint density at radius 2 is 1.97 bits per heavy atom. The van der Waals surface area contributed by atoms with Gasteiger partial charge in [-0.05, 0) is 38.0 Å². The Labute approximate surface area is 198 Å². The normalized spacial score (nSPS) is 16.2. The van der Waals surface area contributed by atoms with Gasteiger partial charge >= 0.3 is 5.97 Å². The molecule has 0 saturated carbocycles. The lowest BCUT2D eigenvalue weighted by molar-refractivity contribution is -0.146. The lowest BCUT2D eigenvalue weighted by atomic mass is 10.1. The predicted molar refractivity (Wildman–Crippen MR) is 131 cm³/mol. The van der Waals surface area contributed by atoms with E-state index in [-0.39, 0.29) is 5.91 Å². The summed E-state index contributed by atoms with van der Waals surface area (Å²) < 4.78 is 11.4. The van der Waals surface area contributed by atoms with E-state index in [4.69, 9.17) is 14.5 Å². The van der Waals surface area contributed by atoms with Gasteiger partial charge in [0.2, 0.25) is 0 Å². The van der Waals surface area contributed by atoms with Crippen molar-refractivity contribution in [3.63, 3.8) is 0 Å². The molecule has 1 aromatic heterocycles. The summed E-state index contributed by atoms with van der Waals surface area (Å²) in [6, 6.07) is 14.9. The van der Waals surface area contributed by atoms with Crippen molar-refractivity contribution in [2.75, 3.05) is 11.5 Å². The zero-order valence-corrected chi connectivity index (χ0v) is 19.9. The van der Waals surface area contributed by atoms with E-state index < -0.39 is 18.1 Å². The van der Waals surface area contributed by atoms with Crippen LogP contribution in [0, 0.1) is 0 Å². The molecule has 0 N–H and O–H groups in total. The van der Waals surface area contributed by atoms with E-state index in [0.717, 1.165) is 34.7 Å². The zero-order valence-electron chi connectivity index (χ0n) is 19.1. The first-order valence-corrected chi connectivity index (χ1v) is 12.2. The van der Waals surface area contributed by atoms with Gasteiger partial charge in [-0.15, -0.1) is 11.3 Å². The maximum absolute atomic E-state index is 13.2. The van der Waals surface area contributed by atoms with Crippen LogP contribution in [0.15, 0.2) is 53.9 Å². The summed E-state index contributed by atoms with van der Waals surface area (Å²) in [6.45, 7) is 5.99. The number of nitrogens with zero attached hydrogens (tertiary/aromatic N) is 2. The highest BCUT2D eigenvalue weighted by Crippen LogP contribution is 2.40. The Kier molecular flexibility index (Phi) is 7.08. The Morgan fingerprint density at radius 1 is 1.18 bits per heavy atom. The van der Waals surface area contributed by atoms with Crippen LogP contribution < -0.4 is 9.64 Å². The molecule has 2 heterocycles. The summed E-state index contributed by atoms with van der Waals surface area (Å²) in [7, 11) is 0. The average molecular weight is 465 g/mol. The van der Waals surface area contributed by atoms with Crippen LogP contribution in [0.2, 0.25) is 0 Å². The lowest BCUT2D eigenvalue weighted by Crippen LogP contribution is -2.52. The second-order valence-electron chi connectivity index (χ2n) is 8.01. The number of carbonyl (C=O) groups is 2. The molecule has 0 saturated heterocycles. The number of rotatable bonds is 8. The molecule has 1 amide bonds. The first-order valence-electron chi connectivity index (χ1n) is 11.3. The number of hydrogen-bond donors (Lipinski definition) is 0. The van der Waals surface area contributed by atoms with Crippen LogP contribution in [0.1, 0.15) is 40.0 Å². The van der Waals surface area contributed by atoms with E-state index in [1.54, 1.807) is 18.3 Å². The molecule has 2 atom stereocenters. The third-order valence-electron chi connectivity index (χ3n) is 5.66. The van der Waals surface area contributed by atoms with Crippen LogP contribution in [0.4, 0.5) is 5.69 Å². The van der Waals surface area contributed by atoms with Gasteiger partial charge in [-0.2, -0.15) is 0 Å². The predicted octanol–water partition coefficient (Wildman–Crippen LogP) is 5.71. The van der Waals surface area contributed by atoms with E-state index in [2.05, 4.69) is 0 Å². The number of amides is 1. The fourth-order valence-corrected chi connectivity index (χ4v) is 4.60. The molecule has 0 bridgehead atoms. The third-order valence-corrected chi connectivity index (χ3v) is 6.55. The molecule has 1 aliphatic heterocycles. The first kappa shape index (κ1) is 23.0. The van der Waals surface area contributed by atoms with Gasteiger partial charge < -0.3 is 9.47 Å². The van der Waals surface area contributed by atoms with Gasteiger partial charge in [0, 0.05) is 16.5 Å². The molecule has 7 heteroatoms. The molecule has 1 aliphatic rings. The Balaban J connectivity index is 1.67. The number of anilines is 1. The minimum absolute atomic E-state index is 0.231. The largest absolute Gasteiger partial charge is 0.478 e. The standard InChI is InChI=1S/C26H28N2O4S/c1-4-6-14-31-26(30)17(3)28-21-15-19(12-13-23(21)32-22(5-2)25(28)29)20-16-33-24(27-20)18-10-8-7-9-11-18/h7-13,15-17,22H,4-6,14H2,1-3H3. The van der Waals surface area contributed by atoms with Gasteiger partial charge in [0.1, 0.15) is 16.8 Å². The summed E-state index contributed by atoms with van der Waals surface area (Å²) in [5, 5.41) is 2.92. The summed E-state index contributed by atoms with van der Waals surface area (Å²) in [5.41, 5.74) is 3.29. The second kappa shape index (κ2) is 10.2. The molecule has 172 valence electrons. The van der Waals surface area contributed by atoms with Crippen molar-refractivity contribution in [1.82, 2.24) is 4.98 Å². The highest BCUT2D eigenvalue weighted by molar-refractivity contribution is 7.13. The number of ether oxygens (including phenoxy) is 2. The minimum Gasteiger partial charge on any atom is -0.478 e. The molecule has 0 aliphatic carbocycles. The Hall–Kier alpha value is -3.19. The molecule has 33 heavy (non-hydrogen) atoms. The first-order chi connectivity index (χ1) is 16.0. The molecular formula is C26H28N2O4S. The molecule has 2 aromatic carbocycles. The highest BCUT2D eigenvalue weighted by Gasteiger charge is 2.39. The number of thiazole rings is 1. The molecule has 0 fully saturated rings. The number of fused-ring (bicyclic) bond motifs is 1. The Morgan fingerprint density at radius 3 is 2.70 bits per heavy atom. The van der Waals surface area contributed by atoms with Crippen molar-refractivity contribution in [3.8, 4) is 27.6 Å². The molecule has 4 rings (SSSR count). The average Bonchev–Trinajstić information content (AvgIpc) is 3.34. The number of hydrogen-bond acceptors (Lipinski definition) is 6. The van der Waals surface area contributed by atoms with E-state index in [1.165, 1.54) is 4.90 Å². The van der Waals surface area contributed by atoms with Gasteiger partial charge in [0.25, 0.3) is 5.91 Å². The summed E-state index contributed by atoms with van der Waals surface area (Å²) in [6.07, 6.45) is 1.61. The summed E-state index contributed by atoms with van der Waals surface area (Å²) in [5.74, 6) is -0.0628. The third kappa shape index (κ3) is 4.78. The molecular weight excluding hydrogens is 436 g/mol. The number of esters is 1. The Bertz CT molecular complexity index is 1130. The molecule has 3 aromatic rings. The topological polar surface area (TPSA) is 68.7 Å². The van der Waals surface area contributed by atoms with Crippen LogP contribution >= 0.6 is 11.3 Å². The van der Waals surface area contributed by atoms with Crippen molar-refractivity contribution < 1.29 is 19.1 Å². The highest BCUT2D eigenvalue weighted by atomic mass is 32.1. The number of benzene rings is 2. The second-order valence-corrected chi connectivity index (χ2v) is 8.86. The number of unbranched alkanes of at least 4 members (excludes halogenated alkanes) is 1. The van der Waals surface area contributed by atoms with Crippen LogP contribution in [0.25, 0.3) is 21.8 Å². The number of carbonyl (C=O) groups excluding carboxylic acids is 2. The fraction of sp³-hybridized carbons (Fsp3) is 0.346. The summed E-state index contributed by atoms with van der Waals surface area (Å²) >= 11 is 1.57. The number of aromatic nitrogens is 1. The fourth-order valence-electron chi connectivity index (χ4n) is 3.76. The smallest absolute Gasteiger partial charge is 0.328 e. The molecule has 0 spiro atoms. The van der Waals surface area contributed by atoms with Crippen molar-refractivity contribution in [2.24, 2.45) is 0 Å². The molecule has 0 radical (unpaired) electrons. The molecule has 6 nitrogen and oxygen atoms in total. The SMILES string of the molecule is CCCCOC(=O)C(C)N1C(=O)C(CC)Oc2ccc(-c3csc(-c4ccccc4)n3)cc21. The van der Waals surface area contributed by atoms with Crippen LogP contribution in [-0.2, 0) is 14.3 Å². The maximum atomic E-state index is 13.2. The van der Waals surface area contributed by atoms with Gasteiger partial charge in [0.05, 0.1) is 18.0 Å². The van der Waals surface area contributed by atoms with Crippen molar-refractivity contribution in [1.29, 1.82) is 0 Å². The summed E-state index contributed by atoms with van der Waals surface area (Å²) in [4.78, 5) is 32.2. The van der Waals surface area contributed by atoms with Gasteiger partial charge in [-0.25, -0.2) is 9.78 Å². The minimum atomic E-state index is -0.753. The zero-order chi connectivity index (χ0) is 23.4. The maximum Gasteiger partial charge on any atom is 0.328 e. The monoisotopic (exact) mass is 464 g/mol. The van der Waals surface area contributed by atoms with Gasteiger partial charge in [0.15, 0.2) is 6.10 Å². The van der Waals surface area contributed by atoms with Crippen LogP contribution in [-0.4, -0.2) is 35.6 Å². The van der Waals surface area contributed by atoms with Crippen LogP contribution in [0.3, 0.4) is 0 Å². The van der Waals surface area contributed by atoms with Gasteiger partial charge in [-0.1, -0.05) is 50.6 Å². The van der Waals surface area contributed by atoms with E-state index >= 15 is 0 Å². The van der Waals surface area contributed by atoms with Crippen molar-refractivity contribution in [2.45, 2.75) is 52.2 Å². The lowest BCUT2D eigenvalue weighted by Gasteiger charge is -2.37. The van der Waals surface area contributed by atoms with E-state index in [1.807, 2.05) is 67.8 Å².